The average molecular weight is 259 g/mol. The minimum Gasteiger partial charge on any atom is -0.313 e. The summed E-state index contributed by atoms with van der Waals surface area (Å²) in [4.78, 5) is 0. The lowest BCUT2D eigenvalue weighted by molar-refractivity contribution is 0.228. The Bertz CT molecular complexity index is 355. The smallest absolute Gasteiger partial charge is 0.00684 e. The van der Waals surface area contributed by atoms with Crippen LogP contribution in [0.5, 0.6) is 0 Å². The summed E-state index contributed by atoms with van der Waals surface area (Å²) in [5.41, 5.74) is 1.96. The summed E-state index contributed by atoms with van der Waals surface area (Å²) in [5, 5.41) is 3.78. The van der Waals surface area contributed by atoms with Crippen LogP contribution < -0.4 is 5.32 Å². The van der Waals surface area contributed by atoms with Gasteiger partial charge in [0.15, 0.2) is 0 Å². The first-order valence-electron chi connectivity index (χ1n) is 8.05. The Kier molecular flexibility index (Phi) is 5.45. The van der Waals surface area contributed by atoms with Crippen molar-refractivity contribution in [2.75, 3.05) is 6.54 Å². The van der Waals surface area contributed by atoms with Crippen molar-refractivity contribution in [2.45, 2.75) is 64.8 Å². The minimum atomic E-state index is 0.458. The van der Waals surface area contributed by atoms with Crippen LogP contribution >= 0.6 is 0 Å². The molecule has 0 radical (unpaired) electrons. The molecule has 1 atom stereocenters. The van der Waals surface area contributed by atoms with E-state index in [1.807, 2.05) is 0 Å². The standard InChI is InChI=1S/C18H29N/c1-3-5-13-18(4-2,15-19-17-11-12-17)14-16-9-7-6-8-10-16/h6-10,17,19H,3-5,11-15H2,1-2H3. The monoisotopic (exact) mass is 259 g/mol. The Hall–Kier alpha value is -0.820. The third-order valence-electron chi connectivity index (χ3n) is 4.58. The molecule has 1 aromatic rings. The van der Waals surface area contributed by atoms with Crippen LogP contribution in [0.3, 0.4) is 0 Å². The first-order valence-corrected chi connectivity index (χ1v) is 8.05. The number of rotatable bonds is 9. The van der Waals surface area contributed by atoms with Crippen LogP contribution in [0, 0.1) is 5.41 Å². The third-order valence-corrected chi connectivity index (χ3v) is 4.58. The molecule has 1 heteroatoms. The molecule has 0 saturated heterocycles. The minimum absolute atomic E-state index is 0.458. The molecular formula is C18H29N. The molecule has 0 amide bonds. The van der Waals surface area contributed by atoms with Gasteiger partial charge in [0.25, 0.3) is 0 Å². The van der Waals surface area contributed by atoms with Crippen molar-refractivity contribution in [2.24, 2.45) is 5.41 Å². The van der Waals surface area contributed by atoms with Gasteiger partial charge in [0.2, 0.25) is 0 Å². The summed E-state index contributed by atoms with van der Waals surface area (Å²) in [5.74, 6) is 0. The molecule has 1 N–H and O–H groups in total. The summed E-state index contributed by atoms with van der Waals surface area (Å²) in [6.07, 6.45) is 9.30. The Morgan fingerprint density at radius 1 is 1.16 bits per heavy atom. The Morgan fingerprint density at radius 2 is 1.89 bits per heavy atom. The molecule has 0 heterocycles. The van der Waals surface area contributed by atoms with Crippen molar-refractivity contribution >= 4 is 0 Å². The molecule has 106 valence electrons. The van der Waals surface area contributed by atoms with Gasteiger partial charge in [-0.25, -0.2) is 0 Å². The average Bonchev–Trinajstić information content (AvgIpc) is 3.27. The number of nitrogens with one attached hydrogen (secondary N) is 1. The maximum Gasteiger partial charge on any atom is 0.00684 e. The van der Waals surface area contributed by atoms with Crippen LogP contribution in [0.4, 0.5) is 0 Å². The van der Waals surface area contributed by atoms with Crippen molar-refractivity contribution in [1.82, 2.24) is 5.32 Å². The summed E-state index contributed by atoms with van der Waals surface area (Å²) in [6.45, 7) is 5.87. The predicted octanol–water partition coefficient (Wildman–Crippen LogP) is 4.57. The lowest BCUT2D eigenvalue weighted by Crippen LogP contribution is -2.37. The molecule has 1 aliphatic carbocycles. The Morgan fingerprint density at radius 3 is 2.47 bits per heavy atom. The summed E-state index contributed by atoms with van der Waals surface area (Å²) in [6, 6.07) is 11.9. The zero-order chi connectivity index (χ0) is 13.6. The van der Waals surface area contributed by atoms with Crippen molar-refractivity contribution < 1.29 is 0 Å². The van der Waals surface area contributed by atoms with Crippen molar-refractivity contribution in [3.05, 3.63) is 35.9 Å². The highest BCUT2D eigenvalue weighted by Crippen LogP contribution is 2.33. The molecule has 19 heavy (non-hydrogen) atoms. The van der Waals surface area contributed by atoms with Gasteiger partial charge in [-0.2, -0.15) is 0 Å². The molecule has 0 bridgehead atoms. The topological polar surface area (TPSA) is 12.0 Å². The van der Waals surface area contributed by atoms with Gasteiger partial charge in [0, 0.05) is 12.6 Å². The van der Waals surface area contributed by atoms with Gasteiger partial charge in [0.1, 0.15) is 0 Å². The van der Waals surface area contributed by atoms with Gasteiger partial charge < -0.3 is 5.32 Å². The van der Waals surface area contributed by atoms with E-state index < -0.39 is 0 Å². The largest absolute Gasteiger partial charge is 0.313 e. The molecule has 0 aliphatic heterocycles. The van der Waals surface area contributed by atoms with Crippen LogP contribution in [0.25, 0.3) is 0 Å². The zero-order valence-corrected chi connectivity index (χ0v) is 12.6. The fourth-order valence-electron chi connectivity index (χ4n) is 2.90. The lowest BCUT2D eigenvalue weighted by Gasteiger charge is -2.34. The second-order valence-corrected chi connectivity index (χ2v) is 6.27. The molecule has 1 fully saturated rings. The van der Waals surface area contributed by atoms with Gasteiger partial charge >= 0.3 is 0 Å². The molecular weight excluding hydrogens is 230 g/mol. The molecule has 1 aromatic carbocycles. The van der Waals surface area contributed by atoms with Gasteiger partial charge in [-0.05, 0) is 43.1 Å². The van der Waals surface area contributed by atoms with E-state index in [0.29, 0.717) is 5.41 Å². The SMILES string of the molecule is CCCCC(CC)(CNC1CC1)Cc1ccccc1. The first-order chi connectivity index (χ1) is 9.28. The van der Waals surface area contributed by atoms with E-state index in [0.717, 1.165) is 6.04 Å². The molecule has 0 spiro atoms. The molecule has 0 aromatic heterocycles. The summed E-state index contributed by atoms with van der Waals surface area (Å²) >= 11 is 0. The zero-order valence-electron chi connectivity index (χ0n) is 12.6. The van der Waals surface area contributed by atoms with Gasteiger partial charge in [-0.1, -0.05) is 57.0 Å². The van der Waals surface area contributed by atoms with E-state index in [1.54, 1.807) is 0 Å². The van der Waals surface area contributed by atoms with Crippen molar-refractivity contribution in [1.29, 1.82) is 0 Å². The van der Waals surface area contributed by atoms with E-state index in [4.69, 9.17) is 0 Å². The van der Waals surface area contributed by atoms with Crippen molar-refractivity contribution in [3.8, 4) is 0 Å². The fourth-order valence-corrected chi connectivity index (χ4v) is 2.90. The highest BCUT2D eigenvalue weighted by atomic mass is 15.0. The maximum absolute atomic E-state index is 3.78. The molecule has 1 saturated carbocycles. The van der Waals surface area contributed by atoms with Crippen LogP contribution in [-0.2, 0) is 6.42 Å². The number of unbranched alkanes of at least 4 members (excludes halogenated alkanes) is 1. The number of hydrogen-bond acceptors (Lipinski definition) is 1. The van der Waals surface area contributed by atoms with E-state index in [-0.39, 0.29) is 0 Å². The fraction of sp³-hybridized carbons (Fsp3) is 0.667. The van der Waals surface area contributed by atoms with Crippen LogP contribution in [0.2, 0.25) is 0 Å². The second-order valence-electron chi connectivity index (χ2n) is 6.27. The van der Waals surface area contributed by atoms with E-state index in [2.05, 4.69) is 49.5 Å². The Labute approximate surface area is 118 Å². The van der Waals surface area contributed by atoms with Gasteiger partial charge in [-0.15, -0.1) is 0 Å². The highest BCUT2D eigenvalue weighted by molar-refractivity contribution is 5.17. The van der Waals surface area contributed by atoms with Gasteiger partial charge in [0.05, 0.1) is 0 Å². The number of hydrogen-bond donors (Lipinski definition) is 1. The lowest BCUT2D eigenvalue weighted by atomic mass is 9.75. The number of benzene rings is 1. The molecule has 1 unspecified atom stereocenters. The summed E-state index contributed by atoms with van der Waals surface area (Å²) in [7, 11) is 0. The second kappa shape index (κ2) is 7.09. The van der Waals surface area contributed by atoms with Crippen LogP contribution in [0.15, 0.2) is 30.3 Å². The van der Waals surface area contributed by atoms with E-state index >= 15 is 0 Å². The predicted molar refractivity (Wildman–Crippen MR) is 83.4 cm³/mol. The molecule has 1 aliphatic rings. The molecule has 1 nitrogen and oxygen atoms in total. The van der Waals surface area contributed by atoms with E-state index in [9.17, 15) is 0 Å². The van der Waals surface area contributed by atoms with Crippen molar-refractivity contribution in [3.63, 3.8) is 0 Å². The highest BCUT2D eigenvalue weighted by Gasteiger charge is 2.30. The maximum atomic E-state index is 3.78. The normalized spacial score (nSPS) is 18.2. The first kappa shape index (κ1) is 14.6. The van der Waals surface area contributed by atoms with Gasteiger partial charge in [-0.3, -0.25) is 0 Å². The van der Waals surface area contributed by atoms with E-state index in [1.165, 1.54) is 57.1 Å². The Balaban J connectivity index is 2.01. The van der Waals surface area contributed by atoms with Crippen LogP contribution in [0.1, 0.15) is 57.9 Å². The quantitative estimate of drug-likeness (QED) is 0.685. The summed E-state index contributed by atoms with van der Waals surface area (Å²) < 4.78 is 0. The third kappa shape index (κ3) is 4.65. The molecule has 2 rings (SSSR count). The van der Waals surface area contributed by atoms with Crippen LogP contribution in [-0.4, -0.2) is 12.6 Å².